The van der Waals surface area contributed by atoms with Gasteiger partial charge in [-0.1, -0.05) is 28.9 Å². The third-order valence-electron chi connectivity index (χ3n) is 3.88. The van der Waals surface area contributed by atoms with Gasteiger partial charge in [0, 0.05) is 10.5 Å². The number of halogens is 1. The van der Waals surface area contributed by atoms with Gasteiger partial charge in [0.25, 0.3) is 0 Å². The van der Waals surface area contributed by atoms with Crippen molar-refractivity contribution < 1.29 is 8.42 Å². The molecular weight excluding hydrogens is 314 g/mol. The van der Waals surface area contributed by atoms with Crippen molar-refractivity contribution in [3.63, 3.8) is 0 Å². The second-order valence-electron chi connectivity index (χ2n) is 4.87. The maximum Gasteiger partial charge on any atom is 0.181 e. The number of benzene rings is 1. The fraction of sp³-hybridized carbons (Fsp3) is 0.538. The van der Waals surface area contributed by atoms with Crippen molar-refractivity contribution >= 4 is 25.8 Å². The molecule has 1 fully saturated rings. The molecule has 0 spiro atoms. The standard InChI is InChI=1S/C13H18BrNO2S/c1-9-12(15-2)6-7-13(9)18(16,17)11-5-3-4-10(14)8-11/h3-5,8-9,12-13,15H,6-7H2,1-2H3. The molecule has 1 aromatic rings. The third kappa shape index (κ3) is 2.49. The van der Waals surface area contributed by atoms with E-state index in [-0.39, 0.29) is 11.2 Å². The van der Waals surface area contributed by atoms with Crippen molar-refractivity contribution in [3.8, 4) is 0 Å². The quantitative estimate of drug-likeness (QED) is 0.926. The van der Waals surface area contributed by atoms with Crippen molar-refractivity contribution in [1.29, 1.82) is 0 Å². The number of hydrogen-bond acceptors (Lipinski definition) is 3. The van der Waals surface area contributed by atoms with E-state index in [1.54, 1.807) is 18.2 Å². The van der Waals surface area contributed by atoms with E-state index >= 15 is 0 Å². The SMILES string of the molecule is CNC1CCC(S(=O)(=O)c2cccc(Br)c2)C1C. The van der Waals surface area contributed by atoms with E-state index in [4.69, 9.17) is 0 Å². The summed E-state index contributed by atoms with van der Waals surface area (Å²) in [4.78, 5) is 0.422. The number of rotatable bonds is 3. The van der Waals surface area contributed by atoms with Gasteiger partial charge in [-0.2, -0.15) is 0 Å². The fourth-order valence-corrected chi connectivity index (χ4v) is 5.45. The van der Waals surface area contributed by atoms with E-state index in [1.807, 2.05) is 20.0 Å². The summed E-state index contributed by atoms with van der Waals surface area (Å²) in [6, 6.07) is 7.28. The summed E-state index contributed by atoms with van der Waals surface area (Å²) < 4.78 is 26.0. The van der Waals surface area contributed by atoms with Gasteiger partial charge >= 0.3 is 0 Å². The summed E-state index contributed by atoms with van der Waals surface area (Å²) >= 11 is 3.33. The van der Waals surface area contributed by atoms with Crippen LogP contribution < -0.4 is 5.32 Å². The topological polar surface area (TPSA) is 46.2 Å². The van der Waals surface area contributed by atoms with Crippen LogP contribution in [0.5, 0.6) is 0 Å². The molecule has 0 amide bonds. The molecule has 0 radical (unpaired) electrons. The highest BCUT2D eigenvalue weighted by Crippen LogP contribution is 2.35. The lowest BCUT2D eigenvalue weighted by Gasteiger charge is -2.20. The van der Waals surface area contributed by atoms with Gasteiger partial charge in [0.1, 0.15) is 0 Å². The average molecular weight is 332 g/mol. The molecule has 1 aromatic carbocycles. The Balaban J connectivity index is 2.33. The van der Waals surface area contributed by atoms with Crippen LogP contribution in [0.1, 0.15) is 19.8 Å². The number of nitrogens with one attached hydrogen (secondary N) is 1. The maximum atomic E-state index is 12.6. The summed E-state index contributed by atoms with van der Waals surface area (Å²) in [7, 11) is -1.33. The zero-order chi connectivity index (χ0) is 13.3. The first kappa shape index (κ1) is 14.0. The summed E-state index contributed by atoms with van der Waals surface area (Å²) in [6.45, 7) is 2.02. The molecule has 1 saturated carbocycles. The molecule has 1 aliphatic rings. The molecule has 0 bridgehead atoms. The Hall–Kier alpha value is -0.390. The number of hydrogen-bond donors (Lipinski definition) is 1. The van der Waals surface area contributed by atoms with Crippen LogP contribution in [0.25, 0.3) is 0 Å². The molecule has 0 aromatic heterocycles. The normalized spacial score (nSPS) is 28.5. The van der Waals surface area contributed by atoms with Gasteiger partial charge in [0.15, 0.2) is 9.84 Å². The van der Waals surface area contributed by atoms with E-state index in [2.05, 4.69) is 21.2 Å². The second-order valence-corrected chi connectivity index (χ2v) is 7.96. The molecule has 0 aliphatic heterocycles. The monoisotopic (exact) mass is 331 g/mol. The molecule has 0 heterocycles. The van der Waals surface area contributed by atoms with Crippen LogP contribution in [0, 0.1) is 5.92 Å². The molecule has 3 nitrogen and oxygen atoms in total. The van der Waals surface area contributed by atoms with Gasteiger partial charge in [-0.25, -0.2) is 8.42 Å². The first-order valence-corrected chi connectivity index (χ1v) is 8.47. The molecule has 18 heavy (non-hydrogen) atoms. The van der Waals surface area contributed by atoms with Gasteiger partial charge in [0.2, 0.25) is 0 Å². The van der Waals surface area contributed by atoms with E-state index in [0.29, 0.717) is 10.9 Å². The van der Waals surface area contributed by atoms with Crippen LogP contribution in [0.15, 0.2) is 33.6 Å². The highest BCUT2D eigenvalue weighted by molar-refractivity contribution is 9.10. The van der Waals surface area contributed by atoms with Gasteiger partial charge in [-0.05, 0) is 44.0 Å². The molecule has 100 valence electrons. The van der Waals surface area contributed by atoms with Crippen molar-refractivity contribution in [1.82, 2.24) is 5.32 Å². The van der Waals surface area contributed by atoms with E-state index in [1.165, 1.54) is 0 Å². The molecule has 5 heteroatoms. The predicted octanol–water partition coefficient (Wildman–Crippen LogP) is 2.61. The van der Waals surface area contributed by atoms with Crippen molar-refractivity contribution in [2.24, 2.45) is 5.92 Å². The lowest BCUT2D eigenvalue weighted by molar-refractivity contribution is 0.453. The van der Waals surface area contributed by atoms with Crippen LogP contribution in [0.4, 0.5) is 0 Å². The molecule has 1 N–H and O–H groups in total. The first-order valence-electron chi connectivity index (χ1n) is 6.13. The van der Waals surface area contributed by atoms with Crippen LogP contribution in [-0.4, -0.2) is 26.8 Å². The Labute approximate surface area is 117 Å². The Morgan fingerprint density at radius 1 is 1.33 bits per heavy atom. The smallest absolute Gasteiger partial charge is 0.181 e. The minimum Gasteiger partial charge on any atom is -0.317 e. The molecule has 2 rings (SSSR count). The van der Waals surface area contributed by atoms with Crippen LogP contribution in [0.2, 0.25) is 0 Å². The summed E-state index contributed by atoms with van der Waals surface area (Å²) in [5.41, 5.74) is 0. The molecular formula is C13H18BrNO2S. The van der Waals surface area contributed by atoms with Gasteiger partial charge in [0.05, 0.1) is 10.1 Å². The highest BCUT2D eigenvalue weighted by Gasteiger charge is 2.40. The van der Waals surface area contributed by atoms with E-state index in [9.17, 15) is 8.42 Å². The van der Waals surface area contributed by atoms with Crippen molar-refractivity contribution in [2.75, 3.05) is 7.05 Å². The molecule has 3 unspecified atom stereocenters. The highest BCUT2D eigenvalue weighted by atomic mass is 79.9. The zero-order valence-corrected chi connectivity index (χ0v) is 13.0. The van der Waals surface area contributed by atoms with Gasteiger partial charge in [-0.15, -0.1) is 0 Å². The van der Waals surface area contributed by atoms with E-state index < -0.39 is 9.84 Å². The average Bonchev–Trinajstić information content (AvgIpc) is 2.71. The maximum absolute atomic E-state index is 12.6. The van der Waals surface area contributed by atoms with Crippen molar-refractivity contribution in [2.45, 2.75) is 36.0 Å². The van der Waals surface area contributed by atoms with Crippen molar-refractivity contribution in [3.05, 3.63) is 28.7 Å². The summed E-state index contributed by atoms with van der Waals surface area (Å²) in [5, 5.41) is 2.93. The van der Waals surface area contributed by atoms with Gasteiger partial charge in [-0.3, -0.25) is 0 Å². The lowest BCUT2D eigenvalue weighted by Crippen LogP contribution is -2.34. The predicted molar refractivity (Wildman–Crippen MR) is 76.4 cm³/mol. The van der Waals surface area contributed by atoms with Crippen LogP contribution in [0.3, 0.4) is 0 Å². The number of sulfone groups is 1. The molecule has 3 atom stereocenters. The van der Waals surface area contributed by atoms with Crippen LogP contribution >= 0.6 is 15.9 Å². The van der Waals surface area contributed by atoms with Crippen LogP contribution in [-0.2, 0) is 9.84 Å². The molecule has 0 saturated heterocycles. The lowest BCUT2D eigenvalue weighted by atomic mass is 10.1. The second kappa shape index (κ2) is 5.31. The fourth-order valence-electron chi connectivity index (χ4n) is 2.79. The molecule has 1 aliphatic carbocycles. The minimum absolute atomic E-state index is 0.152. The Bertz CT molecular complexity index is 530. The first-order chi connectivity index (χ1) is 8.46. The minimum atomic E-state index is -3.22. The van der Waals surface area contributed by atoms with Gasteiger partial charge < -0.3 is 5.32 Å². The Morgan fingerprint density at radius 3 is 2.61 bits per heavy atom. The largest absolute Gasteiger partial charge is 0.317 e. The zero-order valence-electron chi connectivity index (χ0n) is 10.6. The Morgan fingerprint density at radius 2 is 2.06 bits per heavy atom. The van der Waals surface area contributed by atoms with E-state index in [0.717, 1.165) is 17.3 Å². The third-order valence-corrected chi connectivity index (χ3v) is 6.74. The summed E-state index contributed by atoms with van der Waals surface area (Å²) in [5.74, 6) is 0.152. The Kier molecular flexibility index (Phi) is 4.14. The summed E-state index contributed by atoms with van der Waals surface area (Å²) in [6.07, 6.45) is 1.66.